The Hall–Kier alpha value is -2.32. The Morgan fingerprint density at radius 1 is 1.03 bits per heavy atom. The van der Waals surface area contributed by atoms with Crippen LogP contribution < -0.4 is 0 Å². The highest BCUT2D eigenvalue weighted by Gasteiger charge is 2.43. The molecule has 1 aromatic heterocycles. The standard InChI is InChI=1S/C17H18N2O8P2/c20-17(27-10-12-4-2-1-3-5-12)13-6-7-15-14(8-13)18-11-19(15)9-16(28(21,22)23)29(24,25)26/h1-8,11,16H,9-10H2,(H2,21,22,23)(H2,24,25,26). The van der Waals surface area contributed by atoms with E-state index >= 15 is 0 Å². The molecule has 2 aromatic carbocycles. The maximum atomic E-state index is 12.2. The molecule has 0 aliphatic carbocycles. The van der Waals surface area contributed by atoms with Crippen LogP contribution in [0.2, 0.25) is 0 Å². The topological polar surface area (TPSA) is 159 Å². The SMILES string of the molecule is O=C(OCc1ccccc1)c1ccc2c(c1)ncn2CC(P(=O)(O)O)P(=O)(O)O. The highest BCUT2D eigenvalue weighted by molar-refractivity contribution is 7.70. The Morgan fingerprint density at radius 3 is 2.31 bits per heavy atom. The molecule has 0 aliphatic heterocycles. The quantitative estimate of drug-likeness (QED) is 0.319. The second-order valence-corrected chi connectivity index (χ2v) is 10.3. The Labute approximate surface area is 165 Å². The number of nitrogens with zero attached hydrogens (tertiary/aromatic N) is 2. The van der Waals surface area contributed by atoms with Crippen LogP contribution in [0.25, 0.3) is 11.0 Å². The van der Waals surface area contributed by atoms with Gasteiger partial charge in [-0.3, -0.25) is 9.13 Å². The Kier molecular flexibility index (Phi) is 6.05. The van der Waals surface area contributed by atoms with Crippen LogP contribution in [0, 0.1) is 0 Å². The Bertz CT molecular complexity index is 1100. The molecule has 3 aromatic rings. The van der Waals surface area contributed by atoms with Gasteiger partial charge >= 0.3 is 21.2 Å². The lowest BCUT2D eigenvalue weighted by molar-refractivity contribution is 0.0473. The van der Waals surface area contributed by atoms with Gasteiger partial charge < -0.3 is 28.9 Å². The lowest BCUT2D eigenvalue weighted by atomic mass is 10.2. The number of rotatable bonds is 7. The largest absolute Gasteiger partial charge is 0.457 e. The minimum atomic E-state index is -5.07. The second-order valence-electron chi connectivity index (χ2n) is 6.32. The molecule has 0 amide bonds. The molecule has 0 saturated carbocycles. The van der Waals surface area contributed by atoms with Crippen molar-refractivity contribution in [3.63, 3.8) is 0 Å². The average Bonchev–Trinajstić information content (AvgIpc) is 3.05. The first-order chi connectivity index (χ1) is 13.6. The van der Waals surface area contributed by atoms with Crippen LogP contribution in [0.3, 0.4) is 0 Å². The zero-order valence-electron chi connectivity index (χ0n) is 14.9. The van der Waals surface area contributed by atoms with Gasteiger partial charge in [0.05, 0.1) is 22.9 Å². The summed E-state index contributed by atoms with van der Waals surface area (Å²) in [6.07, 6.45) is 1.20. The summed E-state index contributed by atoms with van der Waals surface area (Å²) in [4.78, 5) is 53.4. The van der Waals surface area contributed by atoms with E-state index in [0.717, 1.165) is 5.56 Å². The van der Waals surface area contributed by atoms with Crippen molar-refractivity contribution in [2.45, 2.75) is 18.6 Å². The Morgan fingerprint density at radius 2 is 1.69 bits per heavy atom. The first-order valence-electron chi connectivity index (χ1n) is 8.32. The third kappa shape index (κ3) is 5.19. The monoisotopic (exact) mass is 440 g/mol. The number of imidazole rings is 1. The van der Waals surface area contributed by atoms with Gasteiger partial charge in [-0.25, -0.2) is 9.78 Å². The van der Waals surface area contributed by atoms with Crippen LogP contribution in [0.4, 0.5) is 0 Å². The first kappa shape index (κ1) is 21.4. The molecule has 12 heteroatoms. The fourth-order valence-electron chi connectivity index (χ4n) is 2.73. The van der Waals surface area contributed by atoms with Crippen molar-refractivity contribution in [3.05, 3.63) is 66.0 Å². The maximum absolute atomic E-state index is 12.2. The van der Waals surface area contributed by atoms with Crippen molar-refractivity contribution in [1.29, 1.82) is 0 Å². The molecule has 3 rings (SSSR count). The zero-order chi connectivity index (χ0) is 21.2. The maximum Gasteiger partial charge on any atom is 0.342 e. The minimum Gasteiger partial charge on any atom is -0.457 e. The molecule has 0 atom stereocenters. The van der Waals surface area contributed by atoms with Crippen molar-refractivity contribution in [2.75, 3.05) is 0 Å². The predicted octanol–water partition coefficient (Wildman–Crippen LogP) is 2.07. The van der Waals surface area contributed by atoms with E-state index in [-0.39, 0.29) is 12.2 Å². The van der Waals surface area contributed by atoms with Crippen molar-refractivity contribution >= 4 is 32.2 Å². The molecule has 154 valence electrons. The number of aromatic nitrogens is 2. The lowest BCUT2D eigenvalue weighted by Gasteiger charge is -2.20. The average molecular weight is 440 g/mol. The molecular formula is C17H18N2O8P2. The summed E-state index contributed by atoms with van der Waals surface area (Å²) in [6.45, 7) is -0.540. The van der Waals surface area contributed by atoms with Gasteiger partial charge in [-0.05, 0) is 23.8 Å². The van der Waals surface area contributed by atoms with Gasteiger partial charge in [0.25, 0.3) is 0 Å². The summed E-state index contributed by atoms with van der Waals surface area (Å²) < 4.78 is 29.4. The fourth-order valence-corrected chi connectivity index (χ4v) is 5.07. The molecule has 10 nitrogen and oxygen atoms in total. The van der Waals surface area contributed by atoms with Crippen molar-refractivity contribution < 1.29 is 38.2 Å². The van der Waals surface area contributed by atoms with Crippen molar-refractivity contribution in [3.8, 4) is 0 Å². The first-order valence-corrected chi connectivity index (χ1v) is 11.7. The van der Waals surface area contributed by atoms with Crippen LogP contribution >= 0.6 is 15.2 Å². The molecule has 0 fully saturated rings. The molecule has 0 radical (unpaired) electrons. The van der Waals surface area contributed by atoms with Gasteiger partial charge in [-0.15, -0.1) is 0 Å². The fraction of sp³-hybridized carbons (Fsp3) is 0.176. The number of hydrogen-bond acceptors (Lipinski definition) is 5. The van der Waals surface area contributed by atoms with Gasteiger partial charge in [0.1, 0.15) is 6.61 Å². The second kappa shape index (κ2) is 8.20. The normalized spacial score (nSPS) is 12.4. The van der Waals surface area contributed by atoms with E-state index in [1.165, 1.54) is 29.1 Å². The zero-order valence-corrected chi connectivity index (χ0v) is 16.7. The summed E-state index contributed by atoms with van der Waals surface area (Å²) in [5.74, 6) is -0.575. The molecule has 0 saturated heterocycles. The molecule has 4 N–H and O–H groups in total. The number of esters is 1. The summed E-state index contributed by atoms with van der Waals surface area (Å²) >= 11 is 0. The summed E-state index contributed by atoms with van der Waals surface area (Å²) in [5.41, 5.74) is 1.72. The predicted molar refractivity (Wildman–Crippen MR) is 103 cm³/mol. The smallest absolute Gasteiger partial charge is 0.342 e. The summed E-state index contributed by atoms with van der Waals surface area (Å²) in [5, 5.41) is -2.19. The number of carbonyl (C=O) groups excluding carboxylic acids is 1. The van der Waals surface area contributed by atoms with Gasteiger partial charge in [0, 0.05) is 6.54 Å². The van der Waals surface area contributed by atoms with Crippen molar-refractivity contribution in [2.24, 2.45) is 0 Å². The Balaban J connectivity index is 1.80. The number of ether oxygens (including phenoxy) is 1. The molecule has 1 heterocycles. The molecule has 29 heavy (non-hydrogen) atoms. The molecule has 0 bridgehead atoms. The molecule has 0 unspecified atom stereocenters. The van der Waals surface area contributed by atoms with E-state index in [9.17, 15) is 33.5 Å². The van der Waals surface area contributed by atoms with E-state index in [4.69, 9.17) is 4.74 Å². The number of hydrogen-bond donors (Lipinski definition) is 4. The van der Waals surface area contributed by atoms with Crippen LogP contribution in [-0.4, -0.2) is 40.5 Å². The number of fused-ring (bicyclic) bond motifs is 1. The van der Waals surface area contributed by atoms with Crippen LogP contribution in [0.15, 0.2) is 54.9 Å². The highest BCUT2D eigenvalue weighted by atomic mass is 31.2. The summed E-state index contributed by atoms with van der Waals surface area (Å²) in [7, 11) is -10.1. The molecule has 0 aliphatic rings. The minimum absolute atomic E-state index is 0.0956. The molecular weight excluding hydrogens is 422 g/mol. The van der Waals surface area contributed by atoms with Gasteiger partial charge in [0.2, 0.25) is 0 Å². The third-order valence-electron chi connectivity index (χ3n) is 4.21. The van der Waals surface area contributed by atoms with E-state index in [2.05, 4.69) is 4.98 Å². The van der Waals surface area contributed by atoms with Crippen LogP contribution in [-0.2, 0) is 27.0 Å². The van der Waals surface area contributed by atoms with E-state index in [0.29, 0.717) is 11.0 Å². The highest BCUT2D eigenvalue weighted by Crippen LogP contribution is 2.60. The molecule has 0 spiro atoms. The number of benzene rings is 2. The van der Waals surface area contributed by atoms with E-state index in [1.54, 1.807) is 0 Å². The van der Waals surface area contributed by atoms with E-state index in [1.807, 2.05) is 30.3 Å². The summed E-state index contributed by atoms with van der Waals surface area (Å²) in [6, 6.07) is 13.5. The lowest BCUT2D eigenvalue weighted by Crippen LogP contribution is -2.17. The third-order valence-corrected chi connectivity index (χ3v) is 7.89. The van der Waals surface area contributed by atoms with Crippen LogP contribution in [0.1, 0.15) is 15.9 Å². The van der Waals surface area contributed by atoms with Crippen molar-refractivity contribution in [1.82, 2.24) is 9.55 Å². The number of carbonyl (C=O) groups is 1. The van der Waals surface area contributed by atoms with Gasteiger partial charge in [0.15, 0.2) is 5.40 Å². The van der Waals surface area contributed by atoms with Crippen LogP contribution in [0.5, 0.6) is 0 Å². The van der Waals surface area contributed by atoms with Gasteiger partial charge in [-0.2, -0.15) is 0 Å². The van der Waals surface area contributed by atoms with E-state index < -0.39 is 33.1 Å². The van der Waals surface area contributed by atoms with Gasteiger partial charge in [-0.1, -0.05) is 30.3 Å².